The average Bonchev–Trinajstić information content (AvgIpc) is 3.14. The molecule has 0 spiro atoms. The van der Waals surface area contributed by atoms with Crippen molar-refractivity contribution in [3.05, 3.63) is 52.3 Å². The fraction of sp³-hybridized carbons (Fsp3) is 0.522. The van der Waals surface area contributed by atoms with Crippen molar-refractivity contribution in [3.63, 3.8) is 0 Å². The molecular formula is C23H37BrN6O2+2. The molecule has 0 amide bonds. The van der Waals surface area contributed by atoms with Crippen molar-refractivity contribution in [1.29, 1.82) is 0 Å². The highest BCUT2D eigenvalue weighted by Crippen LogP contribution is 2.36. The van der Waals surface area contributed by atoms with Crippen molar-refractivity contribution in [2.24, 2.45) is 10.1 Å². The first-order valence-electron chi connectivity index (χ1n) is 11.3. The van der Waals surface area contributed by atoms with Crippen LogP contribution >= 0.6 is 15.9 Å². The van der Waals surface area contributed by atoms with E-state index in [9.17, 15) is 0 Å². The van der Waals surface area contributed by atoms with E-state index in [1.807, 2.05) is 38.5 Å². The van der Waals surface area contributed by atoms with Crippen LogP contribution in [0, 0.1) is 0 Å². The maximum absolute atomic E-state index is 7.57. The van der Waals surface area contributed by atoms with E-state index in [0.29, 0.717) is 11.1 Å². The van der Waals surface area contributed by atoms with Gasteiger partial charge in [0.2, 0.25) is 18.2 Å². The average molecular weight is 509 g/mol. The van der Waals surface area contributed by atoms with Crippen LogP contribution < -0.4 is 14.9 Å². The van der Waals surface area contributed by atoms with Crippen LogP contribution in [0.5, 0.6) is 0 Å². The zero-order chi connectivity index (χ0) is 23.6. The number of halogens is 1. The summed E-state index contributed by atoms with van der Waals surface area (Å²) in [5, 5.41) is 15.8. The van der Waals surface area contributed by atoms with Crippen molar-refractivity contribution in [2.45, 2.75) is 46.6 Å². The smallest absolute Gasteiger partial charge is 0.278 e. The fourth-order valence-corrected chi connectivity index (χ4v) is 4.13. The Kier molecular flexibility index (Phi) is 10.3. The molecule has 176 valence electrons. The normalized spacial score (nSPS) is 21.4. The molecule has 0 aliphatic carbocycles. The van der Waals surface area contributed by atoms with Gasteiger partial charge in [-0.25, -0.2) is 0 Å². The molecule has 1 atom stereocenters. The SMILES string of the molecule is CC.CCO.CO[n+]1cccc(CNC2=CC(N3CCCCC3)=NC3=C(Br)C=N[N+]23C)c1. The molecule has 0 saturated carbocycles. The summed E-state index contributed by atoms with van der Waals surface area (Å²) in [4.78, 5) is 12.6. The van der Waals surface area contributed by atoms with Crippen LogP contribution in [0.15, 0.2) is 56.8 Å². The van der Waals surface area contributed by atoms with Crippen LogP contribution in [0.4, 0.5) is 0 Å². The first kappa shape index (κ1) is 26.0. The molecule has 8 nitrogen and oxygen atoms in total. The summed E-state index contributed by atoms with van der Waals surface area (Å²) >= 11 is 3.62. The lowest BCUT2D eigenvalue weighted by Gasteiger charge is -2.34. The number of rotatable bonds is 4. The summed E-state index contributed by atoms with van der Waals surface area (Å²) < 4.78 is 2.93. The molecule has 2 N–H and O–H groups in total. The number of quaternary nitrogens is 1. The largest absolute Gasteiger partial charge is 0.397 e. The number of hydrogen-bond acceptors (Lipinski definition) is 6. The summed E-state index contributed by atoms with van der Waals surface area (Å²) in [7, 11) is 3.71. The third-order valence-corrected chi connectivity index (χ3v) is 5.74. The Morgan fingerprint density at radius 1 is 1.28 bits per heavy atom. The molecule has 1 aromatic rings. The second kappa shape index (κ2) is 12.7. The minimum Gasteiger partial charge on any atom is -0.397 e. The minimum absolute atomic E-state index is 0.250. The topological polar surface area (TPSA) is 73.3 Å². The van der Waals surface area contributed by atoms with Crippen molar-refractivity contribution < 1.29 is 19.3 Å². The second-order valence-electron chi connectivity index (χ2n) is 7.35. The van der Waals surface area contributed by atoms with Gasteiger partial charge < -0.3 is 15.3 Å². The number of allylic oxidation sites excluding steroid dienone is 1. The number of pyridine rings is 1. The predicted octanol–water partition coefficient (Wildman–Crippen LogP) is 2.90. The zero-order valence-corrected chi connectivity index (χ0v) is 21.5. The van der Waals surface area contributed by atoms with Gasteiger partial charge in [-0.3, -0.25) is 4.84 Å². The van der Waals surface area contributed by atoms with Crippen molar-refractivity contribution in [1.82, 2.24) is 10.2 Å². The molecule has 32 heavy (non-hydrogen) atoms. The van der Waals surface area contributed by atoms with Gasteiger partial charge in [0.25, 0.3) is 5.82 Å². The first-order chi connectivity index (χ1) is 15.5. The molecule has 3 aliphatic rings. The van der Waals surface area contributed by atoms with Gasteiger partial charge in [0.15, 0.2) is 0 Å². The van der Waals surface area contributed by atoms with Crippen LogP contribution in [-0.4, -0.2) is 60.5 Å². The number of fused-ring (bicyclic) bond motifs is 1. The standard InChI is InChI=1S/C19H25BrN6O.C2H6O.C2H6/c1-26-18(21-12-15-7-6-10-25(14-15)27-2)11-17(24-8-4-3-5-9-24)23-19(26)16(20)13-22-26;1-2-3;1-2/h6-7,10-11,13-14,21H,3-5,8-9,12H2,1-2H3;3H,2H2,1H3;1-2H3/q+2;;. The molecular weight excluding hydrogens is 472 g/mol. The van der Waals surface area contributed by atoms with E-state index in [0.717, 1.165) is 40.6 Å². The van der Waals surface area contributed by atoms with Crippen LogP contribution in [0.1, 0.15) is 45.6 Å². The van der Waals surface area contributed by atoms with Gasteiger partial charge in [0, 0.05) is 36.1 Å². The quantitative estimate of drug-likeness (QED) is 0.484. The number of aliphatic hydroxyl groups is 1. The van der Waals surface area contributed by atoms with E-state index in [1.165, 1.54) is 19.3 Å². The van der Waals surface area contributed by atoms with Gasteiger partial charge in [0.05, 0.1) is 12.6 Å². The Labute approximate surface area is 200 Å². The zero-order valence-electron chi connectivity index (χ0n) is 19.9. The van der Waals surface area contributed by atoms with Crippen LogP contribution in [0.25, 0.3) is 0 Å². The third kappa shape index (κ3) is 6.17. The Morgan fingerprint density at radius 3 is 2.62 bits per heavy atom. The van der Waals surface area contributed by atoms with E-state index < -0.39 is 0 Å². The van der Waals surface area contributed by atoms with E-state index in [4.69, 9.17) is 14.9 Å². The molecule has 0 bridgehead atoms. The van der Waals surface area contributed by atoms with Gasteiger partial charge >= 0.3 is 0 Å². The van der Waals surface area contributed by atoms with Crippen LogP contribution in [0.2, 0.25) is 0 Å². The number of likely N-dealkylation sites (tertiary alicyclic amines) is 1. The molecule has 4 heterocycles. The lowest BCUT2D eigenvalue weighted by Crippen LogP contribution is -2.46. The molecule has 1 aromatic heterocycles. The highest BCUT2D eigenvalue weighted by atomic mass is 79.9. The van der Waals surface area contributed by atoms with Gasteiger partial charge in [-0.1, -0.05) is 18.9 Å². The molecule has 1 unspecified atom stereocenters. The number of piperidine rings is 1. The minimum atomic E-state index is 0.250. The first-order valence-corrected chi connectivity index (χ1v) is 12.1. The number of amidine groups is 1. The molecule has 1 saturated heterocycles. The summed E-state index contributed by atoms with van der Waals surface area (Å²) in [6, 6.07) is 4.05. The predicted molar refractivity (Wildman–Crippen MR) is 132 cm³/mol. The van der Waals surface area contributed by atoms with E-state index >= 15 is 0 Å². The van der Waals surface area contributed by atoms with Gasteiger partial charge in [-0.15, -0.1) is 4.59 Å². The molecule has 3 aliphatic heterocycles. The fourth-order valence-electron chi connectivity index (χ4n) is 3.60. The molecule has 0 aromatic carbocycles. The van der Waals surface area contributed by atoms with Crippen LogP contribution in [-0.2, 0) is 6.54 Å². The Bertz CT molecular complexity index is 877. The van der Waals surface area contributed by atoms with Crippen LogP contribution in [0.3, 0.4) is 0 Å². The number of aromatic nitrogens is 1. The molecule has 9 heteroatoms. The number of hydrogen-bond donors (Lipinski definition) is 2. The monoisotopic (exact) mass is 508 g/mol. The summed E-state index contributed by atoms with van der Waals surface area (Å²) in [6.45, 7) is 8.73. The Balaban J connectivity index is 0.000000671. The summed E-state index contributed by atoms with van der Waals surface area (Å²) in [5.41, 5.74) is 1.13. The van der Waals surface area contributed by atoms with E-state index in [2.05, 4.69) is 50.4 Å². The Morgan fingerprint density at radius 2 is 1.97 bits per heavy atom. The van der Waals surface area contributed by atoms with Gasteiger partial charge in [-0.2, -0.15) is 4.99 Å². The maximum atomic E-state index is 7.57. The second-order valence-corrected chi connectivity index (χ2v) is 8.20. The molecule has 1 fully saturated rings. The highest BCUT2D eigenvalue weighted by molar-refractivity contribution is 9.12. The number of aliphatic imine (C=N–C) groups is 1. The maximum Gasteiger partial charge on any atom is 0.278 e. The highest BCUT2D eigenvalue weighted by Gasteiger charge is 2.43. The van der Waals surface area contributed by atoms with Gasteiger partial charge in [-0.05, 0) is 48.2 Å². The number of nitrogens with zero attached hydrogens (tertiary/aromatic N) is 5. The third-order valence-electron chi connectivity index (χ3n) is 5.18. The molecule has 4 rings (SSSR count). The van der Waals surface area contributed by atoms with Crippen molar-refractivity contribution >= 4 is 28.0 Å². The van der Waals surface area contributed by atoms with E-state index in [-0.39, 0.29) is 6.61 Å². The molecule has 0 radical (unpaired) electrons. The Hall–Kier alpha value is -2.23. The summed E-state index contributed by atoms with van der Waals surface area (Å²) in [6.07, 6.45) is 11.6. The van der Waals surface area contributed by atoms with Crippen molar-refractivity contribution in [2.75, 3.05) is 33.9 Å². The van der Waals surface area contributed by atoms with Crippen molar-refractivity contribution in [3.8, 4) is 0 Å². The lowest BCUT2D eigenvalue weighted by atomic mass is 10.1. The van der Waals surface area contributed by atoms with E-state index in [1.54, 1.807) is 18.8 Å². The van der Waals surface area contributed by atoms with Gasteiger partial charge in [0.1, 0.15) is 30.7 Å². The summed E-state index contributed by atoms with van der Waals surface area (Å²) in [5.74, 6) is 2.95. The number of aliphatic hydroxyl groups excluding tert-OH is 1. The lowest BCUT2D eigenvalue weighted by molar-refractivity contribution is -0.885. The number of nitrogens with one attached hydrogen (secondary N) is 1.